The Labute approximate surface area is 355 Å². The molecule has 0 aliphatic heterocycles. The molecule has 0 aromatic heterocycles. The molecule has 4 bridgehead atoms. The molecule has 1 unspecified atom stereocenters. The molecular weight excluding hydrogens is 723 g/mol. The summed E-state index contributed by atoms with van der Waals surface area (Å²) in [6.07, 6.45) is 10.8. The highest BCUT2D eigenvalue weighted by Gasteiger charge is 2.62. The minimum absolute atomic E-state index is 0.114. The normalized spacial score (nSPS) is 24.6. The number of rotatable bonds is 7. The van der Waals surface area contributed by atoms with Gasteiger partial charge in [-0.1, -0.05) is 177 Å². The number of nitrogens with zero attached hydrogens (tertiary/aromatic N) is 1. The maximum absolute atomic E-state index is 2.75. The van der Waals surface area contributed by atoms with Gasteiger partial charge < -0.3 is 4.90 Å². The molecule has 60 heavy (non-hydrogen) atoms. The summed E-state index contributed by atoms with van der Waals surface area (Å²) in [5.74, 6) is 3.57. The van der Waals surface area contributed by atoms with Gasteiger partial charge in [-0.3, -0.25) is 0 Å². The van der Waals surface area contributed by atoms with Crippen LogP contribution in [0.4, 0.5) is 11.4 Å². The van der Waals surface area contributed by atoms with Crippen molar-refractivity contribution in [2.45, 2.75) is 50.9 Å². The molecule has 1 spiro atoms. The van der Waals surface area contributed by atoms with Crippen LogP contribution in [0, 0.1) is 29.6 Å². The van der Waals surface area contributed by atoms with Crippen LogP contribution in [0.25, 0.3) is 50.1 Å². The molecule has 13 rings (SSSR count). The summed E-state index contributed by atoms with van der Waals surface area (Å²) in [6, 6.07) is 67.9. The van der Waals surface area contributed by atoms with E-state index < -0.39 is 0 Å². The van der Waals surface area contributed by atoms with E-state index in [2.05, 4.69) is 200 Å². The Bertz CT molecular complexity index is 2790. The summed E-state index contributed by atoms with van der Waals surface area (Å²) in [7, 11) is 0. The number of anilines is 2. The van der Waals surface area contributed by atoms with Gasteiger partial charge in [0.25, 0.3) is 0 Å². The largest absolute Gasteiger partial charge is 0.313 e. The standard InChI is InChI=1S/C59H51N/c1-39-32-53-51-27-12-15-29-54(51)59(44-34-40-33-41(36-44)37-45(59)35-40)55(53)38-58(39)60(56-30-16-13-23-47(56)43-20-6-3-7-21-43)57-31-17-14-28-52(57)50-26-11-10-25-49(50)48-24-9-8-22-46(48)42-18-4-2-5-19-42/h2-31,38-41,44-45H,32-37H2,1H3. The third-order valence-electron chi connectivity index (χ3n) is 15.4. The molecule has 0 saturated heterocycles. The topological polar surface area (TPSA) is 3.24 Å². The van der Waals surface area contributed by atoms with Crippen molar-refractivity contribution in [1.82, 2.24) is 0 Å². The molecule has 6 aliphatic rings. The first-order valence-electron chi connectivity index (χ1n) is 22.5. The third-order valence-corrected chi connectivity index (χ3v) is 15.4. The lowest BCUT2D eigenvalue weighted by molar-refractivity contribution is -0.0408. The van der Waals surface area contributed by atoms with E-state index in [9.17, 15) is 0 Å². The van der Waals surface area contributed by atoms with E-state index in [1.165, 1.54) is 93.7 Å². The first kappa shape index (κ1) is 35.7. The first-order chi connectivity index (χ1) is 29.7. The van der Waals surface area contributed by atoms with Crippen molar-refractivity contribution in [2.24, 2.45) is 29.6 Å². The van der Waals surface area contributed by atoms with Gasteiger partial charge in [-0.2, -0.15) is 0 Å². The van der Waals surface area contributed by atoms with E-state index in [4.69, 9.17) is 0 Å². The summed E-state index contributed by atoms with van der Waals surface area (Å²) in [5.41, 5.74) is 20.4. The molecule has 7 aromatic rings. The van der Waals surface area contributed by atoms with Gasteiger partial charge in [0.2, 0.25) is 0 Å². The summed E-state index contributed by atoms with van der Waals surface area (Å²) in [6.45, 7) is 2.49. The van der Waals surface area contributed by atoms with E-state index >= 15 is 0 Å². The number of allylic oxidation sites excluding steroid dienone is 4. The molecule has 0 heterocycles. The van der Waals surface area contributed by atoms with Crippen molar-refractivity contribution in [3.63, 3.8) is 0 Å². The number of hydrogen-bond acceptors (Lipinski definition) is 1. The van der Waals surface area contributed by atoms with E-state index in [0.717, 1.165) is 30.1 Å². The van der Waals surface area contributed by atoms with E-state index in [-0.39, 0.29) is 5.41 Å². The highest BCUT2D eigenvalue weighted by Crippen LogP contribution is 2.70. The fraction of sp³-hybridized carbons (Fsp3) is 0.220. The Morgan fingerprint density at radius 2 is 0.850 bits per heavy atom. The SMILES string of the molecule is CC1CC2=C(C=C1N(c1ccccc1-c1ccccc1)c1ccccc1-c1ccccc1-c1ccccc1-c1ccccc1)C1(c3ccccc32)C2CC3CC(C2)CC1C3. The number of para-hydroxylation sites is 2. The van der Waals surface area contributed by atoms with Crippen molar-refractivity contribution in [2.75, 3.05) is 4.90 Å². The Morgan fingerprint density at radius 1 is 0.417 bits per heavy atom. The number of benzene rings is 7. The smallest absolute Gasteiger partial charge is 0.0537 e. The zero-order valence-electron chi connectivity index (χ0n) is 34.5. The molecule has 4 saturated carbocycles. The Balaban J connectivity index is 1.10. The second-order valence-electron chi connectivity index (χ2n) is 18.5. The minimum atomic E-state index is 0.114. The van der Waals surface area contributed by atoms with Crippen LogP contribution in [-0.4, -0.2) is 0 Å². The quantitative estimate of drug-likeness (QED) is 0.156. The lowest BCUT2D eigenvalue weighted by Gasteiger charge is -2.61. The summed E-state index contributed by atoms with van der Waals surface area (Å²) in [5, 5.41) is 0. The predicted octanol–water partition coefficient (Wildman–Crippen LogP) is 15.6. The first-order valence-corrected chi connectivity index (χ1v) is 22.5. The molecule has 4 fully saturated rings. The van der Waals surface area contributed by atoms with Gasteiger partial charge in [0.05, 0.1) is 11.4 Å². The fourth-order valence-corrected chi connectivity index (χ4v) is 13.2. The number of hydrogen-bond donors (Lipinski definition) is 0. The van der Waals surface area contributed by atoms with Crippen molar-refractivity contribution in [3.8, 4) is 44.5 Å². The van der Waals surface area contributed by atoms with Gasteiger partial charge in [-0.15, -0.1) is 0 Å². The van der Waals surface area contributed by atoms with Crippen LogP contribution >= 0.6 is 0 Å². The summed E-state index contributed by atoms with van der Waals surface area (Å²) in [4.78, 5) is 2.69. The van der Waals surface area contributed by atoms with E-state index in [1.54, 1.807) is 22.3 Å². The molecule has 7 aromatic carbocycles. The monoisotopic (exact) mass is 773 g/mol. The zero-order valence-corrected chi connectivity index (χ0v) is 34.5. The van der Waals surface area contributed by atoms with Gasteiger partial charge >= 0.3 is 0 Å². The Kier molecular flexibility index (Phi) is 8.48. The van der Waals surface area contributed by atoms with Gasteiger partial charge in [-0.25, -0.2) is 0 Å². The van der Waals surface area contributed by atoms with Crippen LogP contribution in [0.3, 0.4) is 0 Å². The van der Waals surface area contributed by atoms with Gasteiger partial charge in [0.1, 0.15) is 0 Å². The molecule has 0 radical (unpaired) electrons. The third kappa shape index (κ3) is 5.44. The Hall–Kier alpha value is -6.18. The molecular formula is C59H51N. The zero-order chi connectivity index (χ0) is 39.8. The van der Waals surface area contributed by atoms with Crippen LogP contribution in [0.15, 0.2) is 199 Å². The van der Waals surface area contributed by atoms with Crippen molar-refractivity contribution < 1.29 is 0 Å². The average molecular weight is 774 g/mol. The molecule has 1 nitrogen and oxygen atoms in total. The molecule has 1 heteroatoms. The van der Waals surface area contributed by atoms with E-state index in [1.807, 2.05) is 0 Å². The van der Waals surface area contributed by atoms with Crippen LogP contribution < -0.4 is 4.90 Å². The van der Waals surface area contributed by atoms with E-state index in [0.29, 0.717) is 5.92 Å². The summed E-state index contributed by atoms with van der Waals surface area (Å²) >= 11 is 0. The van der Waals surface area contributed by atoms with Crippen molar-refractivity contribution in [3.05, 3.63) is 210 Å². The number of fused-ring (bicyclic) bond motifs is 2. The van der Waals surface area contributed by atoms with Crippen molar-refractivity contribution in [1.29, 1.82) is 0 Å². The van der Waals surface area contributed by atoms with Gasteiger partial charge in [0.15, 0.2) is 0 Å². The Morgan fingerprint density at radius 3 is 1.47 bits per heavy atom. The summed E-state index contributed by atoms with van der Waals surface area (Å²) < 4.78 is 0. The highest BCUT2D eigenvalue weighted by molar-refractivity contribution is 5.98. The van der Waals surface area contributed by atoms with Crippen LogP contribution in [0.1, 0.15) is 56.6 Å². The highest BCUT2D eigenvalue weighted by atomic mass is 15.2. The molecule has 6 aliphatic carbocycles. The van der Waals surface area contributed by atoms with Gasteiger partial charge in [0, 0.05) is 28.2 Å². The van der Waals surface area contributed by atoms with Crippen LogP contribution in [0.2, 0.25) is 0 Å². The molecule has 0 N–H and O–H groups in total. The van der Waals surface area contributed by atoms with Gasteiger partial charge in [-0.05, 0) is 136 Å². The second kappa shape index (κ2) is 14.2. The lowest BCUT2D eigenvalue weighted by Crippen LogP contribution is -2.55. The molecule has 1 atom stereocenters. The maximum atomic E-state index is 2.75. The lowest BCUT2D eigenvalue weighted by atomic mass is 9.42. The van der Waals surface area contributed by atoms with Crippen LogP contribution in [0.5, 0.6) is 0 Å². The molecule has 292 valence electrons. The fourth-order valence-electron chi connectivity index (χ4n) is 13.2. The predicted molar refractivity (Wildman–Crippen MR) is 251 cm³/mol. The maximum Gasteiger partial charge on any atom is 0.0537 e. The molecule has 0 amide bonds. The van der Waals surface area contributed by atoms with Crippen LogP contribution in [-0.2, 0) is 5.41 Å². The minimum Gasteiger partial charge on any atom is -0.313 e. The second-order valence-corrected chi connectivity index (χ2v) is 18.5. The van der Waals surface area contributed by atoms with Crippen molar-refractivity contribution >= 4 is 16.9 Å². The average Bonchev–Trinajstić information content (AvgIpc) is 3.58.